The summed E-state index contributed by atoms with van der Waals surface area (Å²) in [5.74, 6) is -3.35. The Bertz CT molecular complexity index is 630. The summed E-state index contributed by atoms with van der Waals surface area (Å²) in [6.45, 7) is 0. The van der Waals surface area contributed by atoms with Crippen LogP contribution in [0, 0.1) is 5.92 Å². The van der Waals surface area contributed by atoms with Gasteiger partial charge in [0.05, 0.1) is 11.3 Å². The molecule has 0 radical (unpaired) electrons. The minimum Gasteiger partial charge on any atom is -0.325 e. The number of halogens is 3. The van der Waals surface area contributed by atoms with Gasteiger partial charge in [-0.3, -0.25) is 24.8 Å². The normalized spacial score (nSPS) is 18.4. The first-order valence-electron chi connectivity index (χ1n) is 6.24. The lowest BCUT2D eigenvalue weighted by atomic mass is 10.0. The molecule has 1 saturated heterocycles. The van der Waals surface area contributed by atoms with E-state index in [9.17, 15) is 27.6 Å². The minimum atomic E-state index is -4.62. The fourth-order valence-corrected chi connectivity index (χ4v) is 2.05. The number of anilines is 1. The molecule has 9 heteroatoms. The molecular formula is C13H12F3N3O3. The smallest absolute Gasteiger partial charge is 0.325 e. The summed E-state index contributed by atoms with van der Waals surface area (Å²) in [5.41, 5.74) is 0.791. The highest BCUT2D eigenvalue weighted by molar-refractivity contribution is 6.08. The van der Waals surface area contributed by atoms with Gasteiger partial charge in [0.25, 0.3) is 11.8 Å². The van der Waals surface area contributed by atoms with Gasteiger partial charge in [-0.05, 0) is 12.1 Å². The minimum absolute atomic E-state index is 0.417. The molecule has 0 spiro atoms. The van der Waals surface area contributed by atoms with Crippen molar-refractivity contribution in [1.29, 1.82) is 0 Å². The molecule has 118 valence electrons. The van der Waals surface area contributed by atoms with Gasteiger partial charge in [0.15, 0.2) is 0 Å². The van der Waals surface area contributed by atoms with Crippen molar-refractivity contribution >= 4 is 23.4 Å². The van der Waals surface area contributed by atoms with Crippen LogP contribution in [0.15, 0.2) is 24.3 Å². The van der Waals surface area contributed by atoms with Crippen molar-refractivity contribution in [3.8, 4) is 0 Å². The van der Waals surface area contributed by atoms with E-state index in [1.807, 2.05) is 0 Å². The van der Waals surface area contributed by atoms with Crippen LogP contribution in [-0.2, 0) is 20.6 Å². The Morgan fingerprint density at radius 3 is 2.50 bits per heavy atom. The van der Waals surface area contributed by atoms with Crippen LogP contribution >= 0.6 is 0 Å². The third kappa shape index (κ3) is 3.18. The quantitative estimate of drug-likeness (QED) is 0.822. The highest BCUT2D eigenvalue weighted by Gasteiger charge is 2.39. The Morgan fingerprint density at radius 2 is 1.95 bits per heavy atom. The number of hydrazine groups is 1. The average Bonchev–Trinajstić information content (AvgIpc) is 2.65. The number of hydrogen-bond acceptors (Lipinski definition) is 3. The Hall–Kier alpha value is -2.58. The standard InChI is InChI=1S/C13H12F3N3O3/c1-19-12(22)7(11(21)18-19)6-10(20)17-9-5-3-2-4-8(9)13(14,15)16/h2-5,7H,6H2,1H3,(H,17,20)(H,18,21). The number of alkyl halides is 3. The second kappa shape index (κ2) is 5.66. The molecule has 1 atom stereocenters. The molecule has 2 N–H and O–H groups in total. The molecule has 1 aromatic rings. The third-order valence-corrected chi connectivity index (χ3v) is 3.12. The third-order valence-electron chi connectivity index (χ3n) is 3.12. The first-order valence-corrected chi connectivity index (χ1v) is 6.24. The van der Waals surface area contributed by atoms with Crippen LogP contribution in [0.2, 0.25) is 0 Å². The highest BCUT2D eigenvalue weighted by atomic mass is 19.4. The van der Waals surface area contributed by atoms with Gasteiger partial charge in [0.1, 0.15) is 5.92 Å². The maximum atomic E-state index is 12.8. The Kier molecular flexibility index (Phi) is 4.07. The summed E-state index contributed by atoms with van der Waals surface area (Å²) >= 11 is 0. The zero-order valence-corrected chi connectivity index (χ0v) is 11.4. The van der Waals surface area contributed by atoms with Gasteiger partial charge in [-0.25, -0.2) is 0 Å². The Balaban J connectivity index is 2.11. The molecule has 6 nitrogen and oxygen atoms in total. The van der Waals surface area contributed by atoms with E-state index in [4.69, 9.17) is 0 Å². The molecule has 1 aromatic carbocycles. The van der Waals surface area contributed by atoms with Gasteiger partial charge < -0.3 is 5.32 Å². The number of rotatable bonds is 3. The summed E-state index contributed by atoms with van der Waals surface area (Å²) in [4.78, 5) is 34.9. The van der Waals surface area contributed by atoms with E-state index in [1.54, 1.807) is 0 Å². The second-order valence-electron chi connectivity index (χ2n) is 4.72. The van der Waals surface area contributed by atoms with Crippen molar-refractivity contribution < 1.29 is 27.6 Å². The van der Waals surface area contributed by atoms with E-state index >= 15 is 0 Å². The predicted octanol–water partition coefficient (Wildman–Crippen LogP) is 1.15. The maximum absolute atomic E-state index is 12.8. The lowest BCUT2D eigenvalue weighted by molar-refractivity contribution is -0.137. The van der Waals surface area contributed by atoms with E-state index in [-0.39, 0.29) is 0 Å². The van der Waals surface area contributed by atoms with Gasteiger partial charge in [0, 0.05) is 13.5 Å². The van der Waals surface area contributed by atoms with E-state index in [0.29, 0.717) is 0 Å². The molecule has 1 fully saturated rings. The molecule has 0 saturated carbocycles. The lowest BCUT2D eigenvalue weighted by Crippen LogP contribution is -2.31. The van der Waals surface area contributed by atoms with Crippen LogP contribution in [0.5, 0.6) is 0 Å². The zero-order valence-electron chi connectivity index (χ0n) is 11.4. The van der Waals surface area contributed by atoms with Crippen molar-refractivity contribution in [2.24, 2.45) is 5.92 Å². The van der Waals surface area contributed by atoms with Crippen LogP contribution in [0.1, 0.15) is 12.0 Å². The molecule has 1 aliphatic heterocycles. The molecule has 0 aromatic heterocycles. The van der Waals surface area contributed by atoms with Crippen LogP contribution < -0.4 is 10.7 Å². The summed E-state index contributed by atoms with van der Waals surface area (Å²) < 4.78 is 38.4. The summed E-state index contributed by atoms with van der Waals surface area (Å²) in [6.07, 6.45) is -5.15. The van der Waals surface area contributed by atoms with Gasteiger partial charge in [0.2, 0.25) is 5.91 Å². The number of nitrogens with one attached hydrogen (secondary N) is 2. The Morgan fingerprint density at radius 1 is 1.32 bits per heavy atom. The number of benzene rings is 1. The van der Waals surface area contributed by atoms with E-state index in [0.717, 1.165) is 17.1 Å². The van der Waals surface area contributed by atoms with Gasteiger partial charge >= 0.3 is 6.18 Å². The molecule has 1 heterocycles. The van der Waals surface area contributed by atoms with Gasteiger partial charge in [-0.1, -0.05) is 12.1 Å². The topological polar surface area (TPSA) is 78.5 Å². The van der Waals surface area contributed by atoms with Crippen LogP contribution in [-0.4, -0.2) is 29.8 Å². The number of para-hydroxylation sites is 1. The molecule has 0 aliphatic carbocycles. The number of carbonyl (C=O) groups is 3. The van der Waals surface area contributed by atoms with Crippen molar-refractivity contribution in [3.63, 3.8) is 0 Å². The second-order valence-corrected chi connectivity index (χ2v) is 4.72. The van der Waals surface area contributed by atoms with Crippen molar-refractivity contribution in [2.45, 2.75) is 12.6 Å². The molecule has 1 unspecified atom stereocenters. The number of carbonyl (C=O) groups excluding carboxylic acids is 3. The van der Waals surface area contributed by atoms with Crippen molar-refractivity contribution in [2.75, 3.05) is 12.4 Å². The van der Waals surface area contributed by atoms with Crippen molar-refractivity contribution in [3.05, 3.63) is 29.8 Å². The first-order chi connectivity index (χ1) is 10.2. The average molecular weight is 315 g/mol. The largest absolute Gasteiger partial charge is 0.418 e. The molecular weight excluding hydrogens is 303 g/mol. The van der Waals surface area contributed by atoms with Gasteiger partial charge in [-0.2, -0.15) is 13.2 Å². The fraction of sp³-hybridized carbons (Fsp3) is 0.308. The molecule has 22 heavy (non-hydrogen) atoms. The van der Waals surface area contributed by atoms with E-state index in [1.165, 1.54) is 19.2 Å². The molecule has 1 aliphatic rings. The van der Waals surface area contributed by atoms with E-state index < -0.39 is 47.5 Å². The number of hydrogen-bond donors (Lipinski definition) is 2. The predicted molar refractivity (Wildman–Crippen MR) is 69.1 cm³/mol. The summed E-state index contributed by atoms with van der Waals surface area (Å²) in [7, 11) is 1.32. The summed E-state index contributed by atoms with van der Waals surface area (Å²) in [5, 5.41) is 3.02. The maximum Gasteiger partial charge on any atom is 0.418 e. The van der Waals surface area contributed by atoms with Crippen LogP contribution in [0.4, 0.5) is 18.9 Å². The monoisotopic (exact) mass is 315 g/mol. The number of amides is 3. The van der Waals surface area contributed by atoms with E-state index in [2.05, 4.69) is 10.7 Å². The molecule has 2 rings (SSSR count). The highest BCUT2D eigenvalue weighted by Crippen LogP contribution is 2.34. The van der Waals surface area contributed by atoms with Crippen LogP contribution in [0.25, 0.3) is 0 Å². The lowest BCUT2D eigenvalue weighted by Gasteiger charge is -2.14. The van der Waals surface area contributed by atoms with Crippen molar-refractivity contribution in [1.82, 2.24) is 10.4 Å². The summed E-state index contributed by atoms with van der Waals surface area (Å²) in [6, 6.07) is 4.47. The van der Waals surface area contributed by atoms with Gasteiger partial charge in [-0.15, -0.1) is 0 Å². The SMILES string of the molecule is CN1NC(=O)C(CC(=O)Nc2ccccc2C(F)(F)F)C1=O. The Labute approximate surface area is 123 Å². The molecule has 0 bridgehead atoms. The fourth-order valence-electron chi connectivity index (χ4n) is 2.05. The zero-order chi connectivity index (χ0) is 16.5. The molecule has 3 amide bonds. The van der Waals surface area contributed by atoms with Crippen LogP contribution in [0.3, 0.4) is 0 Å². The number of nitrogens with zero attached hydrogens (tertiary/aromatic N) is 1. The first kappa shape index (κ1) is 15.8.